The first-order valence-electron chi connectivity index (χ1n) is 11.3. The minimum atomic E-state index is -0.705. The van der Waals surface area contributed by atoms with Gasteiger partial charge < -0.3 is 20.7 Å². The van der Waals surface area contributed by atoms with Gasteiger partial charge in [-0.1, -0.05) is 37.6 Å². The number of nitrogens with two attached hydrogens (primary N) is 1. The van der Waals surface area contributed by atoms with Gasteiger partial charge in [0.2, 0.25) is 5.95 Å². The van der Waals surface area contributed by atoms with Crippen LogP contribution in [0.15, 0.2) is 30.5 Å². The number of benzene rings is 1. The zero-order valence-corrected chi connectivity index (χ0v) is 18.5. The number of nitrogens with one attached hydrogen (secondary N) is 1. The molecule has 1 aromatic carbocycles. The van der Waals surface area contributed by atoms with Crippen molar-refractivity contribution < 1.29 is 9.18 Å². The normalized spacial score (nSPS) is 20.4. The lowest BCUT2D eigenvalue weighted by Crippen LogP contribution is -2.29. The second-order valence-electron chi connectivity index (χ2n) is 8.52. The van der Waals surface area contributed by atoms with Crippen LogP contribution in [0.3, 0.4) is 0 Å². The van der Waals surface area contributed by atoms with Crippen LogP contribution in [0.4, 0.5) is 16.2 Å². The van der Waals surface area contributed by atoms with E-state index in [1.54, 1.807) is 0 Å². The smallest absolute Gasteiger partial charge is 0.222 e. The number of alkyl halides is 1. The van der Waals surface area contributed by atoms with E-state index in [0.29, 0.717) is 31.0 Å². The standard InChI is InChI=1S/C24H31FN6O/c1-2-3-10-27-23-22-20(28-24(26)29-23)9-12-31(21(22)16-32)14-18-6-4-17(5-7-18)13-30-11-8-19(25)15-30/h4-7,9,12,16,19,21H,2-3,8,10-11,13-15H2,1H3,(H3,26,27,28,29). The summed E-state index contributed by atoms with van der Waals surface area (Å²) in [5.41, 5.74) is 9.59. The fourth-order valence-electron chi connectivity index (χ4n) is 4.31. The van der Waals surface area contributed by atoms with E-state index in [1.807, 2.05) is 17.2 Å². The predicted molar refractivity (Wildman–Crippen MR) is 124 cm³/mol. The van der Waals surface area contributed by atoms with Crippen LogP contribution in [0.2, 0.25) is 0 Å². The number of fused-ring (bicyclic) bond motifs is 1. The lowest BCUT2D eigenvalue weighted by atomic mass is 10.0. The van der Waals surface area contributed by atoms with Crippen molar-refractivity contribution in [3.8, 4) is 0 Å². The molecule has 2 aliphatic heterocycles. The molecule has 1 saturated heterocycles. The summed E-state index contributed by atoms with van der Waals surface area (Å²) in [6.07, 6.45) is 6.68. The lowest BCUT2D eigenvalue weighted by molar-refractivity contribution is -0.112. The summed E-state index contributed by atoms with van der Waals surface area (Å²) in [4.78, 5) is 25.0. The maximum absolute atomic E-state index is 13.4. The summed E-state index contributed by atoms with van der Waals surface area (Å²) < 4.78 is 13.4. The van der Waals surface area contributed by atoms with Gasteiger partial charge in [0.25, 0.3) is 0 Å². The van der Waals surface area contributed by atoms with Gasteiger partial charge in [0.15, 0.2) is 0 Å². The second kappa shape index (κ2) is 10.1. The number of anilines is 2. The maximum Gasteiger partial charge on any atom is 0.222 e. The van der Waals surface area contributed by atoms with Gasteiger partial charge in [-0.3, -0.25) is 4.90 Å². The Bertz CT molecular complexity index is 964. The number of nitrogen functional groups attached to an aromatic ring is 1. The highest BCUT2D eigenvalue weighted by Gasteiger charge is 2.28. The Balaban J connectivity index is 1.48. The molecule has 0 spiro atoms. The Morgan fingerprint density at radius 1 is 1.22 bits per heavy atom. The van der Waals surface area contributed by atoms with Gasteiger partial charge >= 0.3 is 0 Å². The highest BCUT2D eigenvalue weighted by molar-refractivity contribution is 5.74. The van der Waals surface area contributed by atoms with Crippen molar-refractivity contribution in [2.45, 2.75) is 51.5 Å². The molecule has 2 aliphatic rings. The Hall–Kier alpha value is -3.00. The van der Waals surface area contributed by atoms with Crippen molar-refractivity contribution in [3.63, 3.8) is 0 Å². The van der Waals surface area contributed by atoms with Crippen molar-refractivity contribution in [3.05, 3.63) is 52.8 Å². The Kier molecular flexibility index (Phi) is 6.99. The first-order chi connectivity index (χ1) is 15.6. The van der Waals surface area contributed by atoms with Crippen LogP contribution in [0.5, 0.6) is 0 Å². The molecule has 170 valence electrons. The number of likely N-dealkylation sites (tertiary alicyclic amines) is 1. The molecule has 0 amide bonds. The zero-order valence-electron chi connectivity index (χ0n) is 18.5. The minimum Gasteiger partial charge on any atom is -0.370 e. The average Bonchev–Trinajstić information content (AvgIpc) is 3.19. The Morgan fingerprint density at radius 3 is 2.62 bits per heavy atom. The molecule has 4 rings (SSSR count). The number of hydrogen-bond donors (Lipinski definition) is 2. The van der Waals surface area contributed by atoms with E-state index >= 15 is 0 Å². The molecule has 0 aliphatic carbocycles. The van der Waals surface area contributed by atoms with Gasteiger partial charge in [0.05, 0.1) is 11.3 Å². The molecule has 0 bridgehead atoms. The molecular weight excluding hydrogens is 407 g/mol. The van der Waals surface area contributed by atoms with E-state index in [0.717, 1.165) is 49.9 Å². The number of carbonyl (C=O) groups is 1. The average molecular weight is 439 g/mol. The molecule has 7 nitrogen and oxygen atoms in total. The molecule has 0 saturated carbocycles. The summed E-state index contributed by atoms with van der Waals surface area (Å²) in [5.74, 6) is 0.817. The first kappa shape index (κ1) is 22.2. The molecule has 1 fully saturated rings. The van der Waals surface area contributed by atoms with Gasteiger partial charge in [-0.15, -0.1) is 0 Å². The maximum atomic E-state index is 13.4. The van der Waals surface area contributed by atoms with Crippen molar-refractivity contribution in [2.24, 2.45) is 0 Å². The van der Waals surface area contributed by atoms with Gasteiger partial charge in [-0.2, -0.15) is 4.98 Å². The van der Waals surface area contributed by atoms with Gasteiger partial charge in [0.1, 0.15) is 24.3 Å². The highest BCUT2D eigenvalue weighted by atomic mass is 19.1. The first-order valence-corrected chi connectivity index (χ1v) is 11.3. The van der Waals surface area contributed by atoms with Gasteiger partial charge in [-0.25, -0.2) is 9.37 Å². The molecule has 1 aromatic heterocycles. The molecule has 2 unspecified atom stereocenters. The third-order valence-electron chi connectivity index (χ3n) is 6.03. The third kappa shape index (κ3) is 5.07. The zero-order chi connectivity index (χ0) is 22.5. The number of hydrogen-bond acceptors (Lipinski definition) is 7. The van der Waals surface area contributed by atoms with E-state index in [2.05, 4.69) is 51.4 Å². The SMILES string of the molecule is CCCCNc1nc(N)nc2c1C(C=O)N(Cc1ccc(CN3CCC(F)C3)cc1)C=C2. The summed E-state index contributed by atoms with van der Waals surface area (Å²) in [6, 6.07) is 7.82. The van der Waals surface area contributed by atoms with E-state index < -0.39 is 12.2 Å². The fourth-order valence-corrected chi connectivity index (χ4v) is 4.31. The van der Waals surface area contributed by atoms with Gasteiger partial charge in [-0.05, 0) is 30.0 Å². The predicted octanol–water partition coefficient (Wildman–Crippen LogP) is 3.54. The van der Waals surface area contributed by atoms with Crippen molar-refractivity contribution in [2.75, 3.05) is 30.7 Å². The van der Waals surface area contributed by atoms with Crippen LogP contribution in [0.1, 0.15) is 54.6 Å². The third-order valence-corrected chi connectivity index (χ3v) is 6.03. The summed E-state index contributed by atoms with van der Waals surface area (Å²) in [6.45, 7) is 5.55. The lowest BCUT2D eigenvalue weighted by Gasteiger charge is -2.32. The molecular formula is C24H31FN6O. The number of carbonyl (C=O) groups excluding carboxylic acids is 1. The second-order valence-corrected chi connectivity index (χ2v) is 8.52. The van der Waals surface area contributed by atoms with Gasteiger partial charge in [0, 0.05) is 38.9 Å². The Labute approximate surface area is 188 Å². The molecule has 3 N–H and O–H groups in total. The molecule has 2 atom stereocenters. The van der Waals surface area contributed by atoms with Crippen molar-refractivity contribution in [1.82, 2.24) is 19.8 Å². The number of aldehydes is 1. The monoisotopic (exact) mass is 438 g/mol. The van der Waals surface area contributed by atoms with E-state index in [1.165, 1.54) is 5.56 Å². The van der Waals surface area contributed by atoms with Crippen molar-refractivity contribution in [1.29, 1.82) is 0 Å². The van der Waals surface area contributed by atoms with E-state index in [-0.39, 0.29) is 5.95 Å². The number of rotatable bonds is 9. The summed E-state index contributed by atoms with van der Waals surface area (Å²) >= 11 is 0. The molecule has 3 heterocycles. The molecule has 0 radical (unpaired) electrons. The van der Waals surface area contributed by atoms with E-state index in [9.17, 15) is 9.18 Å². The molecule has 8 heteroatoms. The summed E-state index contributed by atoms with van der Waals surface area (Å²) in [7, 11) is 0. The van der Waals surface area contributed by atoms with Crippen LogP contribution in [0, 0.1) is 0 Å². The van der Waals surface area contributed by atoms with E-state index in [4.69, 9.17) is 5.73 Å². The summed E-state index contributed by atoms with van der Waals surface area (Å²) in [5, 5.41) is 3.33. The molecule has 32 heavy (non-hydrogen) atoms. The molecule has 2 aromatic rings. The fraction of sp³-hybridized carbons (Fsp3) is 0.458. The number of halogens is 1. The quantitative estimate of drug-likeness (QED) is 0.457. The van der Waals surface area contributed by atoms with Crippen LogP contribution in [-0.2, 0) is 17.9 Å². The van der Waals surface area contributed by atoms with Crippen LogP contribution in [0.25, 0.3) is 6.08 Å². The Morgan fingerprint density at radius 2 is 1.97 bits per heavy atom. The van der Waals surface area contributed by atoms with Crippen molar-refractivity contribution >= 4 is 24.1 Å². The van der Waals surface area contributed by atoms with Crippen LogP contribution < -0.4 is 11.1 Å². The highest BCUT2D eigenvalue weighted by Crippen LogP contribution is 2.34. The number of nitrogens with zero attached hydrogens (tertiary/aromatic N) is 4. The topological polar surface area (TPSA) is 87.4 Å². The van der Waals surface area contributed by atoms with Crippen LogP contribution >= 0.6 is 0 Å². The minimum absolute atomic E-state index is 0.193. The number of unbranched alkanes of at least 4 members (excludes halogenated alkanes) is 1. The number of aromatic nitrogens is 2. The largest absolute Gasteiger partial charge is 0.370 e. The van der Waals surface area contributed by atoms with Crippen LogP contribution in [-0.4, -0.2) is 51.9 Å².